The number of fused-ring (bicyclic) bond motifs is 1. The minimum Gasteiger partial charge on any atom is -0.269 e. The molecule has 0 amide bonds. The van der Waals surface area contributed by atoms with Crippen LogP contribution in [0.4, 0.5) is 0 Å². The van der Waals surface area contributed by atoms with Crippen molar-refractivity contribution in [1.29, 1.82) is 0 Å². The van der Waals surface area contributed by atoms with Crippen molar-refractivity contribution < 1.29 is 0 Å². The highest BCUT2D eigenvalue weighted by Gasteiger charge is 2.15. The number of hydrogen-bond donors (Lipinski definition) is 0. The van der Waals surface area contributed by atoms with Gasteiger partial charge in [-0.2, -0.15) is 0 Å². The molecule has 220 valence electrons. The van der Waals surface area contributed by atoms with E-state index in [2.05, 4.69) is 125 Å². The van der Waals surface area contributed by atoms with Crippen LogP contribution in [-0.2, 0) is 6.54 Å². The number of aromatic nitrogens is 2. The van der Waals surface area contributed by atoms with Gasteiger partial charge in [-0.25, -0.2) is 15.0 Å². The molecule has 4 nitrogen and oxygen atoms in total. The number of benzene rings is 6. The molecule has 46 heavy (non-hydrogen) atoms. The van der Waals surface area contributed by atoms with E-state index in [-0.39, 0.29) is 0 Å². The highest BCUT2D eigenvalue weighted by Crippen LogP contribution is 2.36. The highest BCUT2D eigenvalue weighted by atomic mass is 14.9. The Bertz CT molecular complexity index is 2120. The summed E-state index contributed by atoms with van der Waals surface area (Å²) in [5.41, 5.74) is 10.4. The molecule has 0 fully saturated rings. The van der Waals surface area contributed by atoms with Crippen molar-refractivity contribution in [3.8, 4) is 56.2 Å². The van der Waals surface area contributed by atoms with Crippen LogP contribution in [0.2, 0.25) is 0 Å². The monoisotopic (exact) mass is 592 g/mol. The first-order valence-electron chi connectivity index (χ1n) is 15.4. The summed E-state index contributed by atoms with van der Waals surface area (Å²) in [4.78, 5) is 18.9. The van der Waals surface area contributed by atoms with Crippen LogP contribution < -0.4 is 0 Å². The van der Waals surface area contributed by atoms with E-state index in [4.69, 9.17) is 9.97 Å². The predicted octanol–water partition coefficient (Wildman–Crippen LogP) is 10.6. The Balaban J connectivity index is 1.44. The first-order chi connectivity index (χ1) is 22.7. The molecule has 0 radical (unpaired) electrons. The molecule has 0 saturated heterocycles. The van der Waals surface area contributed by atoms with Gasteiger partial charge in [0.2, 0.25) is 0 Å². The van der Waals surface area contributed by atoms with Crippen LogP contribution in [0.15, 0.2) is 162 Å². The number of nitrogens with zero attached hydrogens (tertiary/aromatic N) is 4. The van der Waals surface area contributed by atoms with Crippen LogP contribution in [0.5, 0.6) is 0 Å². The maximum absolute atomic E-state index is 5.16. The maximum atomic E-state index is 5.16. The highest BCUT2D eigenvalue weighted by molar-refractivity contribution is 5.98. The average molecular weight is 593 g/mol. The van der Waals surface area contributed by atoms with Crippen LogP contribution in [0.1, 0.15) is 12.5 Å². The fourth-order valence-electron chi connectivity index (χ4n) is 5.76. The second-order valence-corrected chi connectivity index (χ2v) is 11.1. The van der Waals surface area contributed by atoms with Crippen molar-refractivity contribution in [3.05, 3.63) is 157 Å². The Morgan fingerprint density at radius 3 is 1.87 bits per heavy atom. The summed E-state index contributed by atoms with van der Waals surface area (Å²) in [5, 5.41) is 2.41. The molecule has 1 aromatic heterocycles. The first kappa shape index (κ1) is 28.8. The standard InChI is InChI=1S/C42H32N4/c1-2-43-29-44-28-30-13-11-20-34(23-30)35-24-36(39-22-12-19-31-14-9-10-21-38(31)39)26-37(25-35)42-45-40(32-15-5-3-6-16-32)27-41(46-42)33-17-7-4-8-18-33/h2-27,29H,28H2,1H3. The minimum absolute atomic E-state index is 0.559. The number of aliphatic imine (C=N–C) groups is 2. The summed E-state index contributed by atoms with van der Waals surface area (Å²) in [6, 6.07) is 53.0. The zero-order chi connectivity index (χ0) is 31.1. The fourth-order valence-corrected chi connectivity index (χ4v) is 5.76. The summed E-state index contributed by atoms with van der Waals surface area (Å²) in [7, 11) is 0. The third-order valence-corrected chi connectivity index (χ3v) is 7.99. The molecule has 7 aromatic rings. The first-order valence-corrected chi connectivity index (χ1v) is 15.4. The van der Waals surface area contributed by atoms with E-state index in [9.17, 15) is 0 Å². The summed E-state index contributed by atoms with van der Waals surface area (Å²) < 4.78 is 0. The molecule has 0 unspecified atom stereocenters. The predicted molar refractivity (Wildman–Crippen MR) is 193 cm³/mol. The molecule has 0 aliphatic carbocycles. The lowest BCUT2D eigenvalue weighted by Gasteiger charge is -2.14. The average Bonchev–Trinajstić information content (AvgIpc) is 3.13. The Kier molecular flexibility index (Phi) is 8.33. The molecule has 6 aromatic carbocycles. The second-order valence-electron chi connectivity index (χ2n) is 11.1. The van der Waals surface area contributed by atoms with Gasteiger partial charge in [-0.1, -0.05) is 121 Å². The Labute approximate surface area is 269 Å². The quantitative estimate of drug-likeness (QED) is 0.130. The summed E-state index contributed by atoms with van der Waals surface area (Å²) in [6.45, 7) is 2.44. The van der Waals surface area contributed by atoms with E-state index >= 15 is 0 Å². The van der Waals surface area contributed by atoms with Gasteiger partial charge in [0.15, 0.2) is 5.82 Å². The van der Waals surface area contributed by atoms with Crippen LogP contribution >= 0.6 is 0 Å². The molecule has 0 bridgehead atoms. The lowest BCUT2D eigenvalue weighted by Crippen LogP contribution is -1.97. The lowest BCUT2D eigenvalue weighted by molar-refractivity contribution is 1.07. The van der Waals surface area contributed by atoms with Gasteiger partial charge in [0.05, 0.1) is 17.9 Å². The summed E-state index contributed by atoms with van der Waals surface area (Å²) in [5.74, 6) is 0.682. The largest absolute Gasteiger partial charge is 0.269 e. The van der Waals surface area contributed by atoms with Crippen molar-refractivity contribution in [2.24, 2.45) is 9.98 Å². The maximum Gasteiger partial charge on any atom is 0.160 e. The van der Waals surface area contributed by atoms with E-state index < -0.39 is 0 Å². The third kappa shape index (κ3) is 6.28. The zero-order valence-electron chi connectivity index (χ0n) is 25.6. The van der Waals surface area contributed by atoms with E-state index in [1.807, 2.05) is 43.3 Å². The summed E-state index contributed by atoms with van der Waals surface area (Å²) >= 11 is 0. The molecule has 7 rings (SSSR count). The topological polar surface area (TPSA) is 50.5 Å². The van der Waals surface area contributed by atoms with Gasteiger partial charge >= 0.3 is 0 Å². The number of rotatable bonds is 8. The van der Waals surface area contributed by atoms with E-state index in [1.54, 1.807) is 12.6 Å². The third-order valence-electron chi connectivity index (χ3n) is 7.99. The van der Waals surface area contributed by atoms with Crippen molar-refractivity contribution in [1.82, 2.24) is 9.97 Å². The number of hydrogen-bond acceptors (Lipinski definition) is 3. The van der Waals surface area contributed by atoms with Crippen molar-refractivity contribution in [3.63, 3.8) is 0 Å². The Hall–Kier alpha value is -6.00. The van der Waals surface area contributed by atoms with Gasteiger partial charge in [-0.05, 0) is 75.8 Å². The fraction of sp³-hybridized carbons (Fsp3) is 0.0476. The van der Waals surface area contributed by atoms with Crippen LogP contribution in [0, 0.1) is 0 Å². The van der Waals surface area contributed by atoms with Crippen molar-refractivity contribution in [2.75, 3.05) is 0 Å². The zero-order valence-corrected chi connectivity index (χ0v) is 25.6. The molecule has 0 atom stereocenters. The lowest BCUT2D eigenvalue weighted by atomic mass is 9.92. The molecular weight excluding hydrogens is 560 g/mol. The van der Waals surface area contributed by atoms with Gasteiger partial charge in [0.1, 0.15) is 6.34 Å². The van der Waals surface area contributed by atoms with Gasteiger partial charge in [0, 0.05) is 22.9 Å². The Morgan fingerprint density at radius 1 is 0.522 bits per heavy atom. The summed E-state index contributed by atoms with van der Waals surface area (Å²) in [6.07, 6.45) is 3.34. The van der Waals surface area contributed by atoms with Crippen molar-refractivity contribution >= 4 is 23.3 Å². The molecule has 0 saturated carbocycles. The van der Waals surface area contributed by atoms with Crippen LogP contribution in [-0.4, -0.2) is 22.5 Å². The van der Waals surface area contributed by atoms with Crippen molar-refractivity contribution in [2.45, 2.75) is 13.5 Å². The molecule has 0 aliphatic heterocycles. The van der Waals surface area contributed by atoms with E-state index in [0.29, 0.717) is 12.4 Å². The van der Waals surface area contributed by atoms with E-state index in [0.717, 1.165) is 50.3 Å². The molecular formula is C42H32N4. The molecule has 0 N–H and O–H groups in total. The molecule has 4 heteroatoms. The van der Waals surface area contributed by atoms with Crippen LogP contribution in [0.3, 0.4) is 0 Å². The van der Waals surface area contributed by atoms with Gasteiger partial charge in [0.25, 0.3) is 0 Å². The minimum atomic E-state index is 0.559. The molecule has 1 heterocycles. The van der Waals surface area contributed by atoms with Crippen LogP contribution in [0.25, 0.3) is 66.9 Å². The smallest absolute Gasteiger partial charge is 0.160 e. The SMILES string of the molecule is CC=NC=NCc1cccc(-c2cc(-c3nc(-c4ccccc4)cc(-c4ccccc4)n3)cc(-c3cccc4ccccc34)c2)c1. The van der Waals surface area contributed by atoms with Gasteiger partial charge in [-0.15, -0.1) is 0 Å². The van der Waals surface area contributed by atoms with E-state index in [1.165, 1.54) is 16.3 Å². The second kappa shape index (κ2) is 13.3. The normalized spacial score (nSPS) is 11.5. The van der Waals surface area contributed by atoms with Gasteiger partial charge < -0.3 is 0 Å². The Morgan fingerprint density at radius 2 is 1.13 bits per heavy atom. The molecule has 0 aliphatic rings. The van der Waals surface area contributed by atoms with Gasteiger partial charge in [-0.3, -0.25) is 4.99 Å². The molecule has 0 spiro atoms.